The molecule has 0 radical (unpaired) electrons. The lowest BCUT2D eigenvalue weighted by molar-refractivity contribution is -0.144. The number of hydrogen-bond acceptors (Lipinski definition) is 3. The van der Waals surface area contributed by atoms with Crippen LogP contribution in [0, 0.1) is 17.8 Å². The number of rotatable bonds is 8. The first-order valence-electron chi connectivity index (χ1n) is 7.24. The van der Waals surface area contributed by atoms with Gasteiger partial charge in [-0.2, -0.15) is 0 Å². The fraction of sp³-hybridized carbons (Fsp3) is 0.786. The summed E-state index contributed by atoms with van der Waals surface area (Å²) in [5, 5.41) is 11.6. The van der Waals surface area contributed by atoms with Gasteiger partial charge >= 0.3 is 5.97 Å². The van der Waals surface area contributed by atoms with Gasteiger partial charge in [0.2, 0.25) is 11.8 Å². The summed E-state index contributed by atoms with van der Waals surface area (Å²) in [6, 6.07) is 0. The minimum absolute atomic E-state index is 0.0114. The van der Waals surface area contributed by atoms with E-state index >= 15 is 0 Å². The van der Waals surface area contributed by atoms with Crippen LogP contribution in [0.2, 0.25) is 0 Å². The summed E-state index contributed by atoms with van der Waals surface area (Å²) in [7, 11) is 0. The number of nitrogens with one attached hydrogen (secondary N) is 1. The summed E-state index contributed by atoms with van der Waals surface area (Å²) in [6.45, 7) is 2.60. The van der Waals surface area contributed by atoms with E-state index in [1.54, 1.807) is 0 Å². The van der Waals surface area contributed by atoms with Crippen LogP contribution >= 0.6 is 0 Å². The molecular formula is C14H22N2O4. The monoisotopic (exact) mass is 282 g/mol. The van der Waals surface area contributed by atoms with Crippen molar-refractivity contribution in [1.82, 2.24) is 10.2 Å². The first-order valence-corrected chi connectivity index (χ1v) is 7.24. The number of amides is 2. The molecule has 2 aliphatic carbocycles. The van der Waals surface area contributed by atoms with Gasteiger partial charge < -0.3 is 15.3 Å². The molecule has 0 bridgehead atoms. The smallest absolute Gasteiger partial charge is 0.323 e. The Morgan fingerprint density at radius 2 is 1.95 bits per heavy atom. The van der Waals surface area contributed by atoms with Crippen molar-refractivity contribution in [2.75, 3.05) is 19.6 Å². The molecule has 2 rings (SSSR count). The van der Waals surface area contributed by atoms with E-state index in [2.05, 4.69) is 5.32 Å². The van der Waals surface area contributed by atoms with Crippen molar-refractivity contribution in [3.8, 4) is 0 Å². The molecule has 0 aliphatic heterocycles. The summed E-state index contributed by atoms with van der Waals surface area (Å²) < 4.78 is 0. The zero-order valence-electron chi connectivity index (χ0n) is 11.8. The number of hydrogen-bond donors (Lipinski definition) is 2. The van der Waals surface area contributed by atoms with E-state index in [1.165, 1.54) is 4.90 Å². The molecular weight excluding hydrogens is 260 g/mol. The van der Waals surface area contributed by atoms with Crippen molar-refractivity contribution < 1.29 is 19.5 Å². The van der Waals surface area contributed by atoms with E-state index in [4.69, 9.17) is 5.11 Å². The predicted octanol–water partition coefficient (Wildman–Crippen LogP) is 0.472. The van der Waals surface area contributed by atoms with Gasteiger partial charge in [-0.1, -0.05) is 6.92 Å². The van der Waals surface area contributed by atoms with Crippen LogP contribution in [-0.2, 0) is 14.4 Å². The zero-order valence-corrected chi connectivity index (χ0v) is 11.8. The molecule has 6 nitrogen and oxygen atoms in total. The third kappa shape index (κ3) is 4.51. The standard InChI is InChI=1S/C14H22N2O4/c1-9-6-11(9)14(20)15-5-4-12(17)16(8-13(18)19)7-10-2-3-10/h9-11H,2-8H2,1H3,(H,15,20)(H,18,19). The van der Waals surface area contributed by atoms with Gasteiger partial charge in [0.1, 0.15) is 6.54 Å². The first kappa shape index (κ1) is 14.8. The third-order valence-corrected chi connectivity index (χ3v) is 3.94. The lowest BCUT2D eigenvalue weighted by Crippen LogP contribution is -2.39. The van der Waals surface area contributed by atoms with E-state index in [-0.39, 0.29) is 30.7 Å². The average Bonchev–Trinajstić information content (AvgIpc) is 3.25. The summed E-state index contributed by atoms with van der Waals surface area (Å²) in [5.41, 5.74) is 0. The van der Waals surface area contributed by atoms with Crippen LogP contribution < -0.4 is 5.32 Å². The predicted molar refractivity (Wildman–Crippen MR) is 71.8 cm³/mol. The van der Waals surface area contributed by atoms with E-state index in [9.17, 15) is 14.4 Å². The Hall–Kier alpha value is -1.59. The second kappa shape index (κ2) is 6.24. The Morgan fingerprint density at radius 1 is 1.30 bits per heavy atom. The largest absolute Gasteiger partial charge is 0.480 e. The Bertz CT molecular complexity index is 406. The molecule has 20 heavy (non-hydrogen) atoms. The quantitative estimate of drug-likeness (QED) is 0.677. The molecule has 2 N–H and O–H groups in total. The molecule has 2 saturated carbocycles. The first-order chi connectivity index (χ1) is 9.47. The highest BCUT2D eigenvalue weighted by atomic mass is 16.4. The van der Waals surface area contributed by atoms with Crippen LogP contribution in [0.4, 0.5) is 0 Å². The number of aliphatic carboxylic acids is 1. The van der Waals surface area contributed by atoms with Gasteiger partial charge in [-0.25, -0.2) is 0 Å². The van der Waals surface area contributed by atoms with Gasteiger partial charge in [0.25, 0.3) is 0 Å². The average molecular weight is 282 g/mol. The number of carbonyl (C=O) groups excluding carboxylic acids is 2. The number of carbonyl (C=O) groups is 3. The van der Waals surface area contributed by atoms with Crippen molar-refractivity contribution in [2.45, 2.75) is 32.6 Å². The van der Waals surface area contributed by atoms with Gasteiger partial charge in [-0.05, 0) is 31.1 Å². The molecule has 2 fully saturated rings. The number of carboxylic acids is 1. The van der Waals surface area contributed by atoms with Crippen LogP contribution in [0.25, 0.3) is 0 Å². The molecule has 2 unspecified atom stereocenters. The minimum Gasteiger partial charge on any atom is -0.480 e. The third-order valence-electron chi connectivity index (χ3n) is 3.94. The molecule has 2 atom stereocenters. The van der Waals surface area contributed by atoms with Crippen molar-refractivity contribution in [1.29, 1.82) is 0 Å². The fourth-order valence-electron chi connectivity index (χ4n) is 2.30. The van der Waals surface area contributed by atoms with Gasteiger partial charge in [0.05, 0.1) is 0 Å². The molecule has 0 aromatic carbocycles. The Labute approximate surface area is 118 Å². The molecule has 0 aromatic rings. The highest BCUT2D eigenvalue weighted by Crippen LogP contribution is 2.37. The Morgan fingerprint density at radius 3 is 2.45 bits per heavy atom. The maximum Gasteiger partial charge on any atom is 0.323 e. The van der Waals surface area contributed by atoms with Gasteiger partial charge in [0, 0.05) is 25.4 Å². The lowest BCUT2D eigenvalue weighted by atomic mass is 10.3. The van der Waals surface area contributed by atoms with Crippen LogP contribution in [0.15, 0.2) is 0 Å². The maximum atomic E-state index is 12.0. The second-order valence-corrected chi connectivity index (χ2v) is 5.97. The fourth-order valence-corrected chi connectivity index (χ4v) is 2.30. The van der Waals surface area contributed by atoms with E-state index in [0.717, 1.165) is 19.3 Å². The van der Waals surface area contributed by atoms with Gasteiger partial charge in [-0.3, -0.25) is 14.4 Å². The molecule has 0 spiro atoms. The molecule has 2 amide bonds. The van der Waals surface area contributed by atoms with Crippen molar-refractivity contribution >= 4 is 17.8 Å². The van der Waals surface area contributed by atoms with Crippen LogP contribution in [-0.4, -0.2) is 47.4 Å². The van der Waals surface area contributed by atoms with Crippen LogP contribution in [0.3, 0.4) is 0 Å². The summed E-state index contributed by atoms with van der Waals surface area (Å²) >= 11 is 0. The second-order valence-electron chi connectivity index (χ2n) is 5.97. The Balaban J connectivity index is 1.69. The van der Waals surface area contributed by atoms with Crippen molar-refractivity contribution in [3.05, 3.63) is 0 Å². The van der Waals surface area contributed by atoms with Crippen molar-refractivity contribution in [2.24, 2.45) is 17.8 Å². The molecule has 6 heteroatoms. The zero-order chi connectivity index (χ0) is 14.7. The number of carboxylic acid groups (broad SMARTS) is 1. The molecule has 112 valence electrons. The summed E-state index contributed by atoms with van der Waals surface area (Å²) in [4.78, 5) is 35.7. The highest BCUT2D eigenvalue weighted by Gasteiger charge is 2.38. The molecule has 0 aromatic heterocycles. The number of nitrogens with zero attached hydrogens (tertiary/aromatic N) is 1. The highest BCUT2D eigenvalue weighted by molar-refractivity contribution is 5.83. The Kier molecular flexibility index (Phi) is 4.62. The topological polar surface area (TPSA) is 86.7 Å². The van der Waals surface area contributed by atoms with Crippen LogP contribution in [0.1, 0.15) is 32.6 Å². The van der Waals surface area contributed by atoms with Gasteiger partial charge in [-0.15, -0.1) is 0 Å². The molecule has 0 saturated heterocycles. The normalized spacial score (nSPS) is 24.1. The van der Waals surface area contributed by atoms with Gasteiger partial charge in [0.15, 0.2) is 0 Å². The minimum atomic E-state index is -0.991. The molecule has 0 heterocycles. The lowest BCUT2D eigenvalue weighted by Gasteiger charge is -2.20. The molecule has 2 aliphatic rings. The van der Waals surface area contributed by atoms with E-state index in [0.29, 0.717) is 24.9 Å². The van der Waals surface area contributed by atoms with E-state index in [1.807, 2.05) is 6.92 Å². The summed E-state index contributed by atoms with van der Waals surface area (Å²) in [5.74, 6) is -0.161. The van der Waals surface area contributed by atoms with Crippen LogP contribution in [0.5, 0.6) is 0 Å². The van der Waals surface area contributed by atoms with Crippen molar-refractivity contribution in [3.63, 3.8) is 0 Å². The van der Waals surface area contributed by atoms with E-state index < -0.39 is 5.97 Å². The SMILES string of the molecule is CC1CC1C(=O)NCCC(=O)N(CC(=O)O)CC1CC1. The summed E-state index contributed by atoms with van der Waals surface area (Å²) in [6.07, 6.45) is 3.23. The maximum absolute atomic E-state index is 12.0.